The Morgan fingerprint density at radius 3 is 2.60 bits per heavy atom. The van der Waals surface area contributed by atoms with Crippen LogP contribution in [-0.4, -0.2) is 36.6 Å². The number of rotatable bonds is 8. The lowest BCUT2D eigenvalue weighted by atomic mass is 9.99. The number of unbranched alkanes of at least 4 members (excludes halogenated alkanes) is 2. The van der Waals surface area contributed by atoms with Gasteiger partial charge in [0.15, 0.2) is 0 Å². The highest BCUT2D eigenvalue weighted by Crippen LogP contribution is 2.27. The van der Waals surface area contributed by atoms with Gasteiger partial charge in [-0.05, 0) is 32.4 Å². The molecule has 0 radical (unpaired) electrons. The minimum atomic E-state index is -0.0383. The number of carbonyl (C=O) groups is 1. The first-order chi connectivity index (χ1) is 9.71. The Kier molecular flexibility index (Phi) is 8.37. The number of esters is 1. The monoisotopic (exact) mass is 279 g/mol. The zero-order chi connectivity index (χ0) is 14.8. The van der Waals surface area contributed by atoms with Crippen molar-refractivity contribution in [2.75, 3.05) is 19.6 Å². The molecular formula is C17H29NO2. The second-order valence-corrected chi connectivity index (χ2v) is 5.51. The van der Waals surface area contributed by atoms with E-state index in [0.717, 1.165) is 38.9 Å². The van der Waals surface area contributed by atoms with Crippen molar-refractivity contribution in [3.63, 3.8) is 0 Å². The molecule has 20 heavy (non-hydrogen) atoms. The largest absolute Gasteiger partial charge is 0.462 e. The van der Waals surface area contributed by atoms with Gasteiger partial charge in [0.25, 0.3) is 0 Å². The van der Waals surface area contributed by atoms with E-state index in [1.807, 2.05) is 0 Å². The maximum absolute atomic E-state index is 11.8. The first-order valence-electron chi connectivity index (χ1n) is 8.09. The van der Waals surface area contributed by atoms with Gasteiger partial charge in [0.1, 0.15) is 6.10 Å². The Morgan fingerprint density at radius 1 is 1.20 bits per heavy atom. The van der Waals surface area contributed by atoms with Crippen LogP contribution in [0.25, 0.3) is 0 Å². The molecule has 1 rings (SSSR count). The van der Waals surface area contributed by atoms with E-state index in [9.17, 15) is 4.79 Å². The zero-order valence-electron chi connectivity index (χ0n) is 13.3. The molecule has 1 heterocycles. The van der Waals surface area contributed by atoms with Crippen molar-refractivity contribution in [1.29, 1.82) is 0 Å². The molecule has 3 heteroatoms. The molecule has 0 N–H and O–H groups in total. The number of hydrogen-bond donors (Lipinski definition) is 0. The van der Waals surface area contributed by atoms with Crippen molar-refractivity contribution in [2.24, 2.45) is 5.92 Å². The fourth-order valence-corrected chi connectivity index (χ4v) is 2.50. The van der Waals surface area contributed by atoms with Gasteiger partial charge < -0.3 is 4.74 Å². The Bertz CT molecular complexity index is 339. The smallest absolute Gasteiger partial charge is 0.310 e. The van der Waals surface area contributed by atoms with E-state index >= 15 is 0 Å². The number of carbonyl (C=O) groups excluding carboxylic acids is 1. The van der Waals surface area contributed by atoms with E-state index in [4.69, 9.17) is 4.74 Å². The third kappa shape index (κ3) is 5.96. The maximum Gasteiger partial charge on any atom is 0.310 e. The van der Waals surface area contributed by atoms with Crippen LogP contribution in [0.3, 0.4) is 0 Å². The van der Waals surface area contributed by atoms with Gasteiger partial charge in [0.2, 0.25) is 0 Å². The maximum atomic E-state index is 11.8. The second-order valence-electron chi connectivity index (χ2n) is 5.51. The minimum Gasteiger partial charge on any atom is -0.462 e. The summed E-state index contributed by atoms with van der Waals surface area (Å²) < 4.78 is 5.42. The molecule has 0 spiro atoms. The van der Waals surface area contributed by atoms with Crippen LogP contribution in [0.2, 0.25) is 0 Å². The fraction of sp³-hybridized carbons (Fsp3) is 0.824. The van der Waals surface area contributed by atoms with Gasteiger partial charge >= 0.3 is 5.97 Å². The average molecular weight is 279 g/mol. The second kappa shape index (κ2) is 9.83. The summed E-state index contributed by atoms with van der Waals surface area (Å²) in [5, 5.41) is 0. The summed E-state index contributed by atoms with van der Waals surface area (Å²) in [5.41, 5.74) is 0. The summed E-state index contributed by atoms with van der Waals surface area (Å²) in [5.74, 6) is 6.29. The minimum absolute atomic E-state index is 0.00540. The van der Waals surface area contributed by atoms with Gasteiger partial charge in [-0.25, -0.2) is 0 Å². The lowest BCUT2D eigenvalue weighted by Crippen LogP contribution is -2.22. The van der Waals surface area contributed by atoms with Gasteiger partial charge in [0.05, 0.1) is 12.5 Å². The van der Waals surface area contributed by atoms with Crippen LogP contribution in [-0.2, 0) is 9.53 Å². The highest BCUT2D eigenvalue weighted by atomic mass is 16.5. The third-order valence-electron chi connectivity index (χ3n) is 3.96. The highest BCUT2D eigenvalue weighted by Gasteiger charge is 2.33. The van der Waals surface area contributed by atoms with Crippen LogP contribution in [0, 0.1) is 17.8 Å². The number of nitrogens with zero attached hydrogens (tertiary/aromatic N) is 1. The zero-order valence-corrected chi connectivity index (χ0v) is 13.3. The van der Waals surface area contributed by atoms with Crippen molar-refractivity contribution in [3.05, 3.63) is 0 Å². The summed E-state index contributed by atoms with van der Waals surface area (Å²) in [4.78, 5) is 14.0. The van der Waals surface area contributed by atoms with Gasteiger partial charge in [-0.2, -0.15) is 0 Å². The number of cyclic esters (lactones) is 1. The molecule has 2 unspecified atom stereocenters. The van der Waals surface area contributed by atoms with Gasteiger partial charge in [-0.1, -0.05) is 39.5 Å². The Labute approximate surface area is 124 Å². The summed E-state index contributed by atoms with van der Waals surface area (Å²) in [7, 11) is 0. The molecule has 3 nitrogen and oxygen atoms in total. The molecule has 2 atom stereocenters. The topological polar surface area (TPSA) is 29.5 Å². The van der Waals surface area contributed by atoms with E-state index < -0.39 is 0 Å². The van der Waals surface area contributed by atoms with Crippen LogP contribution in [0.4, 0.5) is 0 Å². The van der Waals surface area contributed by atoms with Crippen LogP contribution >= 0.6 is 0 Å². The van der Waals surface area contributed by atoms with E-state index in [-0.39, 0.29) is 18.0 Å². The van der Waals surface area contributed by atoms with Crippen LogP contribution in [0.5, 0.6) is 0 Å². The van der Waals surface area contributed by atoms with Crippen molar-refractivity contribution < 1.29 is 9.53 Å². The molecular weight excluding hydrogens is 250 g/mol. The molecule has 0 amide bonds. The molecule has 1 fully saturated rings. The number of hydrogen-bond acceptors (Lipinski definition) is 3. The van der Waals surface area contributed by atoms with E-state index in [1.165, 1.54) is 12.8 Å². The molecule has 0 aromatic rings. The lowest BCUT2D eigenvalue weighted by Gasteiger charge is -2.13. The molecule has 114 valence electrons. The highest BCUT2D eigenvalue weighted by molar-refractivity contribution is 5.75. The lowest BCUT2D eigenvalue weighted by molar-refractivity contribution is -0.144. The first-order valence-corrected chi connectivity index (χ1v) is 8.09. The van der Waals surface area contributed by atoms with Gasteiger partial charge in [-0.15, -0.1) is 5.92 Å². The predicted molar refractivity (Wildman–Crippen MR) is 82.3 cm³/mol. The summed E-state index contributed by atoms with van der Waals surface area (Å²) in [6.45, 7) is 9.32. The van der Waals surface area contributed by atoms with Crippen molar-refractivity contribution in [3.8, 4) is 11.8 Å². The van der Waals surface area contributed by atoms with Gasteiger partial charge in [0, 0.05) is 6.42 Å². The van der Waals surface area contributed by atoms with Crippen molar-refractivity contribution >= 4 is 5.97 Å². The summed E-state index contributed by atoms with van der Waals surface area (Å²) in [6, 6.07) is 0. The molecule has 1 aliphatic heterocycles. The van der Waals surface area contributed by atoms with Crippen LogP contribution in [0.1, 0.15) is 59.3 Å². The fourth-order valence-electron chi connectivity index (χ4n) is 2.50. The molecule has 0 aliphatic carbocycles. The molecule has 0 saturated carbocycles. The SMILES string of the molecule is CCCCCC1CC(CC#CCN(CC)CC)C(=O)O1. The quantitative estimate of drug-likeness (QED) is 0.388. The normalized spacial score (nSPS) is 21.7. The molecule has 1 aliphatic rings. The molecule has 0 aromatic carbocycles. The standard InChI is InChI=1S/C17H29NO2/c1-4-7-8-12-16-14-15(17(19)20-16)11-9-10-13-18(5-2)6-3/h15-16H,4-8,11-14H2,1-3H3. The third-order valence-corrected chi connectivity index (χ3v) is 3.96. The number of ether oxygens (including phenoxy) is 1. The van der Waals surface area contributed by atoms with Crippen LogP contribution in [0.15, 0.2) is 0 Å². The predicted octanol–water partition coefficient (Wildman–Crippen LogP) is 3.23. The van der Waals surface area contributed by atoms with E-state index in [0.29, 0.717) is 6.42 Å². The van der Waals surface area contributed by atoms with E-state index in [1.54, 1.807) is 0 Å². The Balaban J connectivity index is 2.27. The molecule has 0 aromatic heterocycles. The summed E-state index contributed by atoms with van der Waals surface area (Å²) in [6.07, 6.45) is 6.28. The Morgan fingerprint density at radius 2 is 1.95 bits per heavy atom. The van der Waals surface area contributed by atoms with Crippen molar-refractivity contribution in [1.82, 2.24) is 4.90 Å². The summed E-state index contributed by atoms with van der Waals surface area (Å²) >= 11 is 0. The molecule has 0 bridgehead atoms. The van der Waals surface area contributed by atoms with Crippen molar-refractivity contribution in [2.45, 2.75) is 65.4 Å². The van der Waals surface area contributed by atoms with Crippen LogP contribution < -0.4 is 0 Å². The Hall–Kier alpha value is -1.01. The molecule has 1 saturated heterocycles. The van der Waals surface area contributed by atoms with Gasteiger partial charge in [-0.3, -0.25) is 9.69 Å². The van der Waals surface area contributed by atoms with E-state index in [2.05, 4.69) is 37.5 Å². The first kappa shape index (κ1) is 17.0. The average Bonchev–Trinajstić information content (AvgIpc) is 2.80.